The quantitative estimate of drug-likeness (QED) is 0.548. The highest BCUT2D eigenvalue weighted by atomic mass is 32.1. The van der Waals surface area contributed by atoms with Crippen molar-refractivity contribution in [2.45, 2.75) is 65.6 Å². The maximum absolute atomic E-state index is 6.26. The van der Waals surface area contributed by atoms with Crippen LogP contribution in [0.25, 0.3) is 0 Å². The van der Waals surface area contributed by atoms with Gasteiger partial charge in [0.25, 0.3) is 0 Å². The second kappa shape index (κ2) is 8.19. The van der Waals surface area contributed by atoms with Crippen LogP contribution in [-0.2, 0) is 0 Å². The third-order valence-electron chi connectivity index (χ3n) is 4.02. The van der Waals surface area contributed by atoms with E-state index in [0.29, 0.717) is 11.8 Å². The molecule has 0 bridgehead atoms. The topological polar surface area (TPSA) is 3.24 Å². The Morgan fingerprint density at radius 1 is 1.39 bits per heavy atom. The van der Waals surface area contributed by atoms with Crippen molar-refractivity contribution in [1.82, 2.24) is 4.90 Å². The molecule has 3 unspecified atom stereocenters. The normalized spacial score (nSPS) is 31.2. The SMILES string of the molecule is CC.[B]C1(C)CCC(C(=S)N(C)CC)C(CC)C1. The average Bonchev–Trinajstić information content (AvgIpc) is 2.38. The molecule has 0 aliphatic heterocycles. The molecule has 0 aromatic rings. The van der Waals surface area contributed by atoms with Crippen molar-refractivity contribution in [3.05, 3.63) is 0 Å². The Balaban J connectivity index is 0.00000137. The van der Waals surface area contributed by atoms with Gasteiger partial charge in [-0.3, -0.25) is 0 Å². The van der Waals surface area contributed by atoms with Gasteiger partial charge in [0.05, 0.1) is 12.8 Å². The molecule has 0 aromatic carbocycles. The van der Waals surface area contributed by atoms with Crippen LogP contribution < -0.4 is 0 Å². The molecule has 18 heavy (non-hydrogen) atoms. The highest BCUT2D eigenvalue weighted by Gasteiger charge is 2.36. The largest absolute Gasteiger partial charge is 0.369 e. The predicted molar refractivity (Wildman–Crippen MR) is 87.5 cm³/mol. The fraction of sp³-hybridized carbons (Fsp3) is 0.933. The van der Waals surface area contributed by atoms with Gasteiger partial charge in [-0.2, -0.15) is 0 Å². The molecule has 0 aromatic heterocycles. The van der Waals surface area contributed by atoms with Crippen molar-refractivity contribution in [3.63, 3.8) is 0 Å². The van der Waals surface area contributed by atoms with Gasteiger partial charge >= 0.3 is 0 Å². The van der Waals surface area contributed by atoms with Crippen LogP contribution in [-0.4, -0.2) is 31.3 Å². The van der Waals surface area contributed by atoms with Crippen LogP contribution in [0.1, 0.15) is 60.3 Å². The second-order valence-electron chi connectivity index (χ2n) is 5.52. The minimum atomic E-state index is 0.0254. The van der Waals surface area contributed by atoms with E-state index in [4.69, 9.17) is 20.1 Å². The van der Waals surface area contributed by atoms with E-state index in [-0.39, 0.29) is 5.31 Å². The van der Waals surface area contributed by atoms with E-state index in [9.17, 15) is 0 Å². The first-order chi connectivity index (χ1) is 8.41. The first-order valence-electron chi connectivity index (χ1n) is 7.45. The monoisotopic (exact) mass is 267 g/mol. The zero-order valence-electron chi connectivity index (χ0n) is 13.1. The summed E-state index contributed by atoms with van der Waals surface area (Å²) < 4.78 is 0. The summed E-state index contributed by atoms with van der Waals surface area (Å²) in [7, 11) is 8.36. The zero-order chi connectivity index (χ0) is 14.3. The minimum Gasteiger partial charge on any atom is -0.369 e. The van der Waals surface area contributed by atoms with E-state index in [0.717, 1.165) is 30.8 Å². The predicted octanol–water partition coefficient (Wildman–Crippen LogP) is 4.47. The molecule has 0 saturated heterocycles. The van der Waals surface area contributed by atoms with Crippen molar-refractivity contribution >= 4 is 25.1 Å². The first kappa shape index (κ1) is 18.0. The Bertz CT molecular complexity index is 253. The molecule has 0 amide bonds. The van der Waals surface area contributed by atoms with E-state index in [1.807, 2.05) is 13.8 Å². The van der Waals surface area contributed by atoms with Crippen LogP contribution in [0.15, 0.2) is 0 Å². The van der Waals surface area contributed by atoms with Gasteiger partial charge in [-0.1, -0.05) is 64.5 Å². The average molecular weight is 267 g/mol. The van der Waals surface area contributed by atoms with Gasteiger partial charge in [-0.05, 0) is 19.3 Å². The van der Waals surface area contributed by atoms with Gasteiger partial charge in [0.2, 0.25) is 0 Å². The lowest BCUT2D eigenvalue weighted by Crippen LogP contribution is -2.39. The molecule has 1 rings (SSSR count). The third kappa shape index (κ3) is 4.91. The summed E-state index contributed by atoms with van der Waals surface area (Å²) >= 11 is 5.60. The highest BCUT2D eigenvalue weighted by molar-refractivity contribution is 7.80. The molecule has 1 nitrogen and oxygen atoms in total. The number of hydrogen-bond acceptors (Lipinski definition) is 1. The van der Waals surface area contributed by atoms with Gasteiger partial charge in [-0.25, -0.2) is 0 Å². The molecule has 0 spiro atoms. The lowest BCUT2D eigenvalue weighted by atomic mass is 9.56. The number of nitrogens with zero attached hydrogens (tertiary/aromatic N) is 1. The standard InChI is InChI=1S/C13H24BNS.C2H6/c1-5-10-9-13(3,14)8-7-11(10)12(16)15(4)6-2;1-2/h10-11H,5-9H2,1-4H3;1-2H3. The van der Waals surface area contributed by atoms with E-state index in [1.165, 1.54) is 6.42 Å². The fourth-order valence-electron chi connectivity index (χ4n) is 2.76. The van der Waals surface area contributed by atoms with Crippen LogP contribution >= 0.6 is 12.2 Å². The van der Waals surface area contributed by atoms with E-state index in [2.05, 4.69) is 32.7 Å². The third-order valence-corrected chi connectivity index (χ3v) is 4.63. The number of hydrogen-bond donors (Lipinski definition) is 0. The Morgan fingerprint density at radius 2 is 1.94 bits per heavy atom. The summed E-state index contributed by atoms with van der Waals surface area (Å²) in [5, 5.41) is 0.0254. The molecule has 2 radical (unpaired) electrons. The Labute approximate surface area is 121 Å². The molecule has 1 aliphatic carbocycles. The van der Waals surface area contributed by atoms with Crippen LogP contribution in [0.5, 0.6) is 0 Å². The molecule has 0 N–H and O–H groups in total. The fourth-order valence-corrected chi connectivity index (χ4v) is 3.20. The summed E-state index contributed by atoms with van der Waals surface area (Å²) in [6.45, 7) is 11.6. The molecule has 3 heteroatoms. The van der Waals surface area contributed by atoms with Crippen LogP contribution in [0, 0.1) is 11.8 Å². The van der Waals surface area contributed by atoms with Gasteiger partial charge < -0.3 is 4.90 Å². The molecule has 104 valence electrons. The summed E-state index contributed by atoms with van der Waals surface area (Å²) in [5.74, 6) is 1.24. The van der Waals surface area contributed by atoms with Gasteiger partial charge in [0.1, 0.15) is 0 Å². The van der Waals surface area contributed by atoms with Crippen molar-refractivity contribution in [3.8, 4) is 0 Å². The van der Waals surface area contributed by atoms with Crippen LogP contribution in [0.4, 0.5) is 0 Å². The van der Waals surface area contributed by atoms with Crippen molar-refractivity contribution in [2.24, 2.45) is 11.8 Å². The maximum atomic E-state index is 6.26. The minimum absolute atomic E-state index is 0.0254. The van der Waals surface area contributed by atoms with Crippen LogP contribution in [0.3, 0.4) is 0 Å². The second-order valence-corrected chi connectivity index (χ2v) is 5.94. The lowest BCUT2D eigenvalue weighted by Gasteiger charge is -2.42. The molecule has 3 atom stereocenters. The zero-order valence-corrected chi connectivity index (χ0v) is 13.9. The van der Waals surface area contributed by atoms with E-state index < -0.39 is 0 Å². The Morgan fingerprint density at radius 3 is 2.39 bits per heavy atom. The molecule has 0 heterocycles. The Hall–Kier alpha value is -0.0451. The highest BCUT2D eigenvalue weighted by Crippen LogP contribution is 2.46. The van der Waals surface area contributed by atoms with Gasteiger partial charge in [0, 0.05) is 19.5 Å². The van der Waals surface area contributed by atoms with Crippen molar-refractivity contribution in [2.75, 3.05) is 13.6 Å². The van der Waals surface area contributed by atoms with Crippen molar-refractivity contribution in [1.29, 1.82) is 0 Å². The van der Waals surface area contributed by atoms with Gasteiger partial charge in [0.15, 0.2) is 0 Å². The first-order valence-corrected chi connectivity index (χ1v) is 7.86. The van der Waals surface area contributed by atoms with Crippen LogP contribution in [0.2, 0.25) is 5.31 Å². The Kier molecular flexibility index (Phi) is 8.17. The molecule has 1 saturated carbocycles. The smallest absolute Gasteiger partial charge is 0.0810 e. The summed E-state index contributed by atoms with van der Waals surface area (Å²) in [4.78, 5) is 3.35. The number of thiocarbonyl (C=S) groups is 1. The molecule has 1 fully saturated rings. The molecule has 1 aliphatic rings. The summed E-state index contributed by atoms with van der Waals surface area (Å²) in [6, 6.07) is 0. The molecular weight excluding hydrogens is 237 g/mol. The van der Waals surface area contributed by atoms with Gasteiger partial charge in [-0.15, -0.1) is 0 Å². The summed E-state index contributed by atoms with van der Waals surface area (Å²) in [5.41, 5.74) is 0. The summed E-state index contributed by atoms with van der Waals surface area (Å²) in [6.07, 6.45) is 4.57. The lowest BCUT2D eigenvalue weighted by molar-refractivity contribution is 0.235. The maximum Gasteiger partial charge on any atom is 0.0810 e. The van der Waals surface area contributed by atoms with E-state index in [1.54, 1.807) is 0 Å². The number of rotatable bonds is 3. The van der Waals surface area contributed by atoms with E-state index >= 15 is 0 Å². The van der Waals surface area contributed by atoms with Crippen molar-refractivity contribution < 1.29 is 0 Å². The molecular formula is C15H30BNS.